The Hall–Kier alpha value is -2.35. The lowest BCUT2D eigenvalue weighted by Crippen LogP contribution is -2.37. The maximum Gasteiger partial charge on any atom is 0.254 e. The maximum atomic E-state index is 13.8. The van der Waals surface area contributed by atoms with Crippen molar-refractivity contribution in [1.82, 2.24) is 20.5 Å². The molecule has 122 valence electrons. The largest absolute Gasteiger partial charge is 0.368 e. The van der Waals surface area contributed by atoms with Gasteiger partial charge in [-0.25, -0.2) is 13.8 Å². The zero-order valence-corrected chi connectivity index (χ0v) is 12.7. The van der Waals surface area contributed by atoms with Crippen molar-refractivity contribution in [2.75, 3.05) is 6.61 Å². The monoisotopic (exact) mass is 322 g/mol. The van der Waals surface area contributed by atoms with Gasteiger partial charge in [0.05, 0.1) is 11.6 Å². The van der Waals surface area contributed by atoms with Crippen molar-refractivity contribution in [3.05, 3.63) is 46.5 Å². The Bertz CT molecular complexity index is 747. The van der Waals surface area contributed by atoms with Crippen LogP contribution in [-0.4, -0.2) is 33.7 Å². The van der Waals surface area contributed by atoms with Crippen LogP contribution >= 0.6 is 0 Å². The molecule has 2 heterocycles. The molecule has 3 rings (SSSR count). The molecule has 0 spiro atoms. The van der Waals surface area contributed by atoms with E-state index in [-0.39, 0.29) is 17.2 Å². The number of halogens is 2. The summed E-state index contributed by atoms with van der Waals surface area (Å²) >= 11 is 0. The molecule has 2 atom stereocenters. The molecule has 0 aliphatic carbocycles. The van der Waals surface area contributed by atoms with Crippen molar-refractivity contribution < 1.29 is 18.3 Å². The molecule has 1 aromatic heterocycles. The highest BCUT2D eigenvalue weighted by atomic mass is 19.1. The second kappa shape index (κ2) is 6.04. The van der Waals surface area contributed by atoms with Crippen LogP contribution in [0.15, 0.2) is 12.1 Å². The molecule has 8 heteroatoms. The number of carbonyl (C=O) groups is 1. The third-order valence-electron chi connectivity index (χ3n) is 3.77. The highest BCUT2D eigenvalue weighted by Gasteiger charge is 2.34. The van der Waals surface area contributed by atoms with Gasteiger partial charge in [0.1, 0.15) is 23.6 Å². The van der Waals surface area contributed by atoms with Crippen LogP contribution in [0.2, 0.25) is 0 Å². The highest BCUT2D eigenvalue weighted by molar-refractivity contribution is 5.94. The Balaban J connectivity index is 1.78. The molecule has 1 amide bonds. The van der Waals surface area contributed by atoms with Gasteiger partial charge in [-0.15, -0.1) is 0 Å². The van der Waals surface area contributed by atoms with Crippen LogP contribution in [-0.2, 0) is 4.74 Å². The summed E-state index contributed by atoms with van der Waals surface area (Å²) < 4.78 is 32.7. The molecule has 1 saturated heterocycles. The molecule has 0 saturated carbocycles. The van der Waals surface area contributed by atoms with E-state index in [2.05, 4.69) is 20.5 Å². The first-order chi connectivity index (χ1) is 11.0. The van der Waals surface area contributed by atoms with Gasteiger partial charge in [-0.2, -0.15) is 5.10 Å². The average molecular weight is 322 g/mol. The van der Waals surface area contributed by atoms with Crippen molar-refractivity contribution in [2.45, 2.75) is 32.4 Å². The first-order valence-electron chi connectivity index (χ1n) is 7.22. The average Bonchev–Trinajstić information content (AvgIpc) is 3.11. The third-order valence-corrected chi connectivity index (χ3v) is 3.77. The van der Waals surface area contributed by atoms with Crippen molar-refractivity contribution in [1.29, 1.82) is 0 Å². The number of H-pyrrole nitrogens is 1. The Morgan fingerprint density at radius 3 is 2.83 bits per heavy atom. The molecule has 0 unspecified atom stereocenters. The predicted octanol–water partition coefficient (Wildman–Crippen LogP) is 1.96. The van der Waals surface area contributed by atoms with Gasteiger partial charge in [0.25, 0.3) is 5.91 Å². The molecule has 6 nitrogen and oxygen atoms in total. The molecule has 2 N–H and O–H groups in total. The molecule has 0 bridgehead atoms. The Labute approximate surface area is 131 Å². The lowest BCUT2D eigenvalue weighted by molar-refractivity contribution is 0.0789. The number of carbonyl (C=O) groups excluding carboxylic acids is 1. The van der Waals surface area contributed by atoms with Crippen LogP contribution in [0.4, 0.5) is 8.78 Å². The summed E-state index contributed by atoms with van der Waals surface area (Å²) in [5.41, 5.74) is 0.0149. The van der Waals surface area contributed by atoms with Crippen LogP contribution in [0.3, 0.4) is 0 Å². The number of ether oxygens (including phenoxy) is 1. The standard InChI is InChI=1S/C15H16F2N4O2/c1-7-5-9(11(17)6-10(7)16)15(22)19-12-3-4-23-13(12)14-18-8(2)20-21-14/h5-6,12-13H,3-4H2,1-2H3,(H,19,22)(H,18,20,21)/t12-,13+/m0/s1. The summed E-state index contributed by atoms with van der Waals surface area (Å²) in [6, 6.07) is 1.54. The molecule has 1 aliphatic heterocycles. The zero-order valence-electron chi connectivity index (χ0n) is 12.7. The van der Waals surface area contributed by atoms with E-state index in [1.165, 1.54) is 13.0 Å². The van der Waals surface area contributed by atoms with E-state index in [1.807, 2.05) is 0 Å². The number of benzene rings is 1. The minimum atomic E-state index is -0.894. The van der Waals surface area contributed by atoms with Gasteiger partial charge in [0, 0.05) is 12.7 Å². The van der Waals surface area contributed by atoms with Gasteiger partial charge < -0.3 is 10.1 Å². The number of aromatic amines is 1. The molecule has 2 aromatic rings. The van der Waals surface area contributed by atoms with Gasteiger partial charge in [-0.1, -0.05) is 0 Å². The van der Waals surface area contributed by atoms with E-state index in [1.54, 1.807) is 6.92 Å². The van der Waals surface area contributed by atoms with Crippen molar-refractivity contribution in [2.24, 2.45) is 0 Å². The first kappa shape index (κ1) is 15.5. The topological polar surface area (TPSA) is 79.9 Å². The molecule has 1 fully saturated rings. The van der Waals surface area contributed by atoms with E-state index in [9.17, 15) is 13.6 Å². The normalized spacial score (nSPS) is 20.7. The minimum absolute atomic E-state index is 0.194. The van der Waals surface area contributed by atoms with Crippen molar-refractivity contribution >= 4 is 5.91 Å². The first-order valence-corrected chi connectivity index (χ1v) is 7.22. The molecular weight excluding hydrogens is 306 g/mol. The number of nitrogens with zero attached hydrogens (tertiary/aromatic N) is 2. The highest BCUT2D eigenvalue weighted by Crippen LogP contribution is 2.27. The summed E-state index contributed by atoms with van der Waals surface area (Å²) in [6.07, 6.45) is 0.0692. The predicted molar refractivity (Wildman–Crippen MR) is 76.8 cm³/mol. The summed E-state index contributed by atoms with van der Waals surface area (Å²) in [7, 11) is 0. The quantitative estimate of drug-likeness (QED) is 0.905. The Morgan fingerprint density at radius 2 is 2.13 bits per heavy atom. The number of aryl methyl sites for hydroxylation is 2. The third kappa shape index (κ3) is 3.07. The Kier molecular flexibility index (Phi) is 4.08. The fourth-order valence-electron chi connectivity index (χ4n) is 2.56. The zero-order chi connectivity index (χ0) is 16.6. The van der Waals surface area contributed by atoms with Crippen LogP contribution in [0.25, 0.3) is 0 Å². The molecule has 1 aliphatic rings. The molecular formula is C15H16F2N4O2. The molecule has 23 heavy (non-hydrogen) atoms. The van der Waals surface area contributed by atoms with Crippen LogP contribution in [0.5, 0.6) is 0 Å². The van der Waals surface area contributed by atoms with Crippen molar-refractivity contribution in [3.8, 4) is 0 Å². The van der Waals surface area contributed by atoms with Gasteiger partial charge >= 0.3 is 0 Å². The van der Waals surface area contributed by atoms with Crippen molar-refractivity contribution in [3.63, 3.8) is 0 Å². The van der Waals surface area contributed by atoms with E-state index >= 15 is 0 Å². The van der Waals surface area contributed by atoms with E-state index in [0.29, 0.717) is 30.7 Å². The van der Waals surface area contributed by atoms with E-state index in [4.69, 9.17) is 4.74 Å². The van der Waals surface area contributed by atoms with E-state index < -0.39 is 23.6 Å². The number of aromatic nitrogens is 3. The summed E-state index contributed by atoms with van der Waals surface area (Å²) in [5, 5.41) is 9.47. The summed E-state index contributed by atoms with van der Waals surface area (Å²) in [5.74, 6) is -1.10. The second-order valence-corrected chi connectivity index (χ2v) is 5.52. The minimum Gasteiger partial charge on any atom is -0.368 e. The summed E-state index contributed by atoms with van der Waals surface area (Å²) in [6.45, 7) is 3.67. The lowest BCUT2D eigenvalue weighted by Gasteiger charge is -2.17. The Morgan fingerprint density at radius 1 is 1.35 bits per heavy atom. The van der Waals surface area contributed by atoms with Gasteiger partial charge in [0.2, 0.25) is 0 Å². The fourth-order valence-corrected chi connectivity index (χ4v) is 2.56. The second-order valence-electron chi connectivity index (χ2n) is 5.52. The van der Waals surface area contributed by atoms with Gasteiger partial charge in [0.15, 0.2) is 5.82 Å². The number of nitrogens with one attached hydrogen (secondary N) is 2. The van der Waals surface area contributed by atoms with Crippen LogP contribution in [0, 0.1) is 25.5 Å². The fraction of sp³-hybridized carbons (Fsp3) is 0.400. The van der Waals surface area contributed by atoms with Crippen LogP contribution < -0.4 is 5.32 Å². The lowest BCUT2D eigenvalue weighted by atomic mass is 10.1. The number of amides is 1. The van der Waals surface area contributed by atoms with Gasteiger partial charge in [-0.3, -0.25) is 9.89 Å². The van der Waals surface area contributed by atoms with E-state index in [0.717, 1.165) is 0 Å². The maximum absolute atomic E-state index is 13.8. The molecule has 1 aromatic carbocycles. The smallest absolute Gasteiger partial charge is 0.254 e. The molecule has 0 radical (unpaired) electrons. The summed E-state index contributed by atoms with van der Waals surface area (Å²) in [4.78, 5) is 16.5. The van der Waals surface area contributed by atoms with Gasteiger partial charge in [-0.05, 0) is 31.9 Å². The SMILES string of the molecule is Cc1nc([C@@H]2OCC[C@@H]2NC(=O)c2cc(C)c(F)cc2F)n[nH]1. The number of rotatable bonds is 3. The number of hydrogen-bond acceptors (Lipinski definition) is 4. The van der Waals surface area contributed by atoms with Crippen LogP contribution in [0.1, 0.15) is 40.1 Å². The number of hydrogen-bond donors (Lipinski definition) is 2.